The highest BCUT2D eigenvalue weighted by Crippen LogP contribution is 2.19. The van der Waals surface area contributed by atoms with Gasteiger partial charge in [0.2, 0.25) is 9.84 Å². The van der Waals surface area contributed by atoms with Gasteiger partial charge in [-0.1, -0.05) is 32.9 Å². The van der Waals surface area contributed by atoms with Crippen molar-refractivity contribution in [3.8, 4) is 0 Å². The Kier molecular flexibility index (Phi) is 6.74. The second-order valence-electron chi connectivity index (χ2n) is 5.46. The Hall–Kier alpha value is -1.01. The van der Waals surface area contributed by atoms with Gasteiger partial charge in [-0.2, -0.15) is 8.78 Å². The Bertz CT molecular complexity index is 527. The van der Waals surface area contributed by atoms with E-state index in [1.807, 2.05) is 0 Å². The third-order valence-electron chi connectivity index (χ3n) is 3.40. The molecule has 0 aromatic heterocycles. The lowest BCUT2D eigenvalue weighted by atomic mass is 9.96. The van der Waals surface area contributed by atoms with Crippen molar-refractivity contribution in [3.05, 3.63) is 29.8 Å². The van der Waals surface area contributed by atoms with Crippen molar-refractivity contribution in [1.29, 1.82) is 0 Å². The van der Waals surface area contributed by atoms with E-state index >= 15 is 0 Å². The van der Waals surface area contributed by atoms with Crippen LogP contribution in [0, 0.1) is 5.92 Å². The number of nitrogens with one attached hydrogen (secondary N) is 1. The van der Waals surface area contributed by atoms with Crippen molar-refractivity contribution in [1.82, 2.24) is 5.32 Å². The van der Waals surface area contributed by atoms with Gasteiger partial charge in [0.25, 0.3) is 0 Å². The summed E-state index contributed by atoms with van der Waals surface area (Å²) in [5.41, 5.74) is 0.936. The van der Waals surface area contributed by atoms with Crippen molar-refractivity contribution >= 4 is 9.84 Å². The van der Waals surface area contributed by atoms with Gasteiger partial charge >= 0.3 is 5.76 Å². The van der Waals surface area contributed by atoms with E-state index in [1.165, 1.54) is 12.1 Å². The van der Waals surface area contributed by atoms with Crippen LogP contribution in [0.2, 0.25) is 0 Å². The van der Waals surface area contributed by atoms with E-state index in [2.05, 4.69) is 26.1 Å². The average Bonchev–Trinajstić information content (AvgIpc) is 2.43. The quantitative estimate of drug-likeness (QED) is 0.800. The highest BCUT2D eigenvalue weighted by Gasteiger charge is 2.26. The zero-order valence-electron chi connectivity index (χ0n) is 12.6. The molecule has 0 saturated carbocycles. The maximum absolute atomic E-state index is 12.5. The van der Waals surface area contributed by atoms with E-state index in [0.717, 1.165) is 24.9 Å². The normalized spacial score (nSPS) is 13.9. The van der Waals surface area contributed by atoms with E-state index in [4.69, 9.17) is 0 Å². The van der Waals surface area contributed by atoms with Crippen LogP contribution < -0.4 is 5.32 Å². The van der Waals surface area contributed by atoms with Crippen LogP contribution >= 0.6 is 0 Å². The summed E-state index contributed by atoms with van der Waals surface area (Å²) in [6.07, 6.45) is 1.78. The molecule has 0 aliphatic carbocycles. The van der Waals surface area contributed by atoms with Gasteiger partial charge in [-0.25, -0.2) is 8.42 Å². The lowest BCUT2D eigenvalue weighted by Gasteiger charge is -2.22. The monoisotopic (exact) mass is 319 g/mol. The molecular weight excluding hydrogens is 296 g/mol. The molecule has 0 fully saturated rings. The zero-order chi connectivity index (χ0) is 16.0. The van der Waals surface area contributed by atoms with Crippen LogP contribution in [0.1, 0.15) is 32.8 Å². The van der Waals surface area contributed by atoms with Crippen LogP contribution in [0.15, 0.2) is 29.2 Å². The van der Waals surface area contributed by atoms with Crippen molar-refractivity contribution in [3.63, 3.8) is 0 Å². The Morgan fingerprint density at radius 2 is 1.71 bits per heavy atom. The summed E-state index contributed by atoms with van der Waals surface area (Å²) >= 11 is 0. The van der Waals surface area contributed by atoms with Gasteiger partial charge in [-0.15, -0.1) is 0 Å². The lowest BCUT2D eigenvalue weighted by Crippen LogP contribution is -2.36. The van der Waals surface area contributed by atoms with Gasteiger partial charge in [-0.3, -0.25) is 0 Å². The summed E-state index contributed by atoms with van der Waals surface area (Å²) in [4.78, 5) is -0.330. The number of alkyl halides is 2. The predicted molar refractivity (Wildman–Crippen MR) is 80.3 cm³/mol. The standard InChI is InChI=1S/C15H23F2NO2S/c1-4-9-18-14(11(2)3)10-12-5-7-13(8-6-12)21(19,20)15(16)17/h5-8,11,14-15,18H,4,9-10H2,1-3H3. The summed E-state index contributed by atoms with van der Waals surface area (Å²) in [7, 11) is -4.50. The number of benzene rings is 1. The highest BCUT2D eigenvalue weighted by atomic mass is 32.2. The molecule has 1 aromatic rings. The van der Waals surface area contributed by atoms with E-state index in [9.17, 15) is 17.2 Å². The van der Waals surface area contributed by atoms with Gasteiger partial charge in [0, 0.05) is 6.04 Å². The van der Waals surface area contributed by atoms with Gasteiger partial charge in [-0.05, 0) is 43.0 Å². The van der Waals surface area contributed by atoms with Gasteiger partial charge in [0.15, 0.2) is 0 Å². The molecule has 0 bridgehead atoms. The zero-order valence-corrected chi connectivity index (χ0v) is 13.5. The first-order chi connectivity index (χ1) is 9.78. The van der Waals surface area contributed by atoms with Gasteiger partial charge in [0.1, 0.15) is 0 Å². The van der Waals surface area contributed by atoms with Crippen LogP contribution in [-0.2, 0) is 16.3 Å². The molecular formula is C15H23F2NO2S. The summed E-state index contributed by atoms with van der Waals surface area (Å²) in [5, 5.41) is 3.44. The summed E-state index contributed by atoms with van der Waals surface area (Å²) in [5.74, 6) is -2.95. The third-order valence-corrected chi connectivity index (χ3v) is 4.80. The number of hydrogen-bond donors (Lipinski definition) is 1. The van der Waals surface area contributed by atoms with Crippen LogP contribution in [-0.4, -0.2) is 26.8 Å². The molecule has 0 saturated heterocycles. The number of sulfone groups is 1. The summed E-state index contributed by atoms with van der Waals surface area (Å²) in [6, 6.07) is 6.01. The highest BCUT2D eigenvalue weighted by molar-refractivity contribution is 7.91. The molecule has 1 aromatic carbocycles. The molecule has 0 aliphatic rings. The largest absolute Gasteiger partial charge is 0.341 e. The van der Waals surface area contributed by atoms with Crippen LogP contribution in [0.4, 0.5) is 8.78 Å². The van der Waals surface area contributed by atoms with E-state index in [0.29, 0.717) is 5.92 Å². The van der Waals surface area contributed by atoms with Crippen LogP contribution in [0.25, 0.3) is 0 Å². The molecule has 1 atom stereocenters. The van der Waals surface area contributed by atoms with Crippen molar-refractivity contribution in [2.24, 2.45) is 5.92 Å². The first-order valence-electron chi connectivity index (χ1n) is 7.13. The lowest BCUT2D eigenvalue weighted by molar-refractivity contribution is 0.234. The smallest absolute Gasteiger partial charge is 0.313 e. The van der Waals surface area contributed by atoms with E-state index in [1.54, 1.807) is 12.1 Å². The second kappa shape index (κ2) is 7.84. The minimum Gasteiger partial charge on any atom is -0.313 e. The molecule has 0 heterocycles. The van der Waals surface area contributed by atoms with Crippen molar-refractivity contribution in [2.45, 2.75) is 50.3 Å². The Morgan fingerprint density at radius 3 is 2.14 bits per heavy atom. The summed E-state index contributed by atoms with van der Waals surface area (Å²) < 4.78 is 47.6. The maximum atomic E-state index is 12.5. The van der Waals surface area contributed by atoms with Crippen LogP contribution in [0.5, 0.6) is 0 Å². The maximum Gasteiger partial charge on any atom is 0.341 e. The van der Waals surface area contributed by atoms with E-state index in [-0.39, 0.29) is 10.9 Å². The number of hydrogen-bond acceptors (Lipinski definition) is 3. The topological polar surface area (TPSA) is 46.2 Å². The molecule has 21 heavy (non-hydrogen) atoms. The second-order valence-corrected chi connectivity index (χ2v) is 7.38. The minimum atomic E-state index is -4.50. The fraction of sp³-hybridized carbons (Fsp3) is 0.600. The fourth-order valence-electron chi connectivity index (χ4n) is 2.05. The van der Waals surface area contributed by atoms with Gasteiger partial charge in [0.05, 0.1) is 4.90 Å². The molecule has 120 valence electrons. The first kappa shape index (κ1) is 18.0. The predicted octanol–water partition coefficient (Wildman–Crippen LogP) is 3.25. The van der Waals surface area contributed by atoms with Gasteiger partial charge < -0.3 is 5.32 Å². The Labute approximate surface area is 125 Å². The molecule has 0 aliphatic heterocycles. The molecule has 0 amide bonds. The minimum absolute atomic E-state index is 0.280. The average molecular weight is 319 g/mol. The molecule has 1 unspecified atom stereocenters. The van der Waals surface area contributed by atoms with Crippen molar-refractivity contribution in [2.75, 3.05) is 6.54 Å². The van der Waals surface area contributed by atoms with Crippen molar-refractivity contribution < 1.29 is 17.2 Å². The Balaban J connectivity index is 2.82. The molecule has 1 rings (SSSR count). The number of halogens is 2. The fourth-order valence-corrected chi connectivity index (χ4v) is 2.77. The Morgan fingerprint density at radius 1 is 1.14 bits per heavy atom. The summed E-state index contributed by atoms with van der Waals surface area (Å²) in [6.45, 7) is 7.24. The third kappa shape index (κ3) is 5.04. The number of rotatable bonds is 8. The molecule has 3 nitrogen and oxygen atoms in total. The molecule has 0 spiro atoms. The molecule has 0 radical (unpaired) electrons. The van der Waals surface area contributed by atoms with E-state index < -0.39 is 15.6 Å². The first-order valence-corrected chi connectivity index (χ1v) is 8.68. The molecule has 6 heteroatoms. The molecule has 1 N–H and O–H groups in total. The SMILES string of the molecule is CCCNC(Cc1ccc(S(=O)(=O)C(F)F)cc1)C(C)C. The van der Waals surface area contributed by atoms with Crippen LogP contribution in [0.3, 0.4) is 0 Å².